The van der Waals surface area contributed by atoms with Crippen molar-refractivity contribution >= 4 is 27.6 Å². The molecule has 2 N–H and O–H groups in total. The fourth-order valence-electron chi connectivity index (χ4n) is 2.89. The number of aryl methyl sites for hydroxylation is 2. The first kappa shape index (κ1) is 14.1. The fourth-order valence-corrected chi connectivity index (χ4v) is 3.28. The third-order valence-corrected chi connectivity index (χ3v) is 4.19. The topological polar surface area (TPSA) is 41.6 Å². The zero-order valence-corrected chi connectivity index (χ0v) is 13.8. The minimum atomic E-state index is 0.165. The number of rotatable bonds is 2. The van der Waals surface area contributed by atoms with E-state index < -0.39 is 0 Å². The van der Waals surface area contributed by atoms with Crippen LogP contribution in [0.4, 0.5) is 5.69 Å². The van der Waals surface area contributed by atoms with E-state index in [1.54, 1.807) is 0 Å². The van der Waals surface area contributed by atoms with E-state index in [0.29, 0.717) is 12.5 Å². The van der Waals surface area contributed by atoms with E-state index in [9.17, 15) is 0 Å². The van der Waals surface area contributed by atoms with Crippen molar-refractivity contribution in [1.82, 2.24) is 0 Å². The number of hydrogen-bond donors (Lipinski definition) is 1. The molecule has 3 rings (SSSR count). The van der Waals surface area contributed by atoms with Crippen molar-refractivity contribution in [2.24, 2.45) is 10.7 Å². The number of hydrogen-bond acceptors (Lipinski definition) is 3. The van der Waals surface area contributed by atoms with Crippen LogP contribution in [0.5, 0.6) is 0 Å². The number of benzene rings is 2. The van der Waals surface area contributed by atoms with Crippen molar-refractivity contribution in [3.8, 4) is 0 Å². The molecule has 2 aromatic carbocycles. The van der Waals surface area contributed by atoms with Crippen LogP contribution in [0.3, 0.4) is 0 Å². The summed E-state index contributed by atoms with van der Waals surface area (Å²) in [6.07, 6.45) is 0. The predicted octanol–water partition coefficient (Wildman–Crippen LogP) is 3.94. The molecule has 0 aromatic heterocycles. The molecular formula is C17H18BrN3. The maximum Gasteiger partial charge on any atom is 0.196 e. The first-order chi connectivity index (χ1) is 10.0. The number of guanidine groups is 1. The number of nitrogens with zero attached hydrogens (tertiary/aromatic N) is 2. The molecule has 1 aliphatic rings. The number of halogens is 1. The first-order valence-electron chi connectivity index (χ1n) is 6.97. The zero-order chi connectivity index (χ0) is 15.0. The highest BCUT2D eigenvalue weighted by Gasteiger charge is 2.29. The molecule has 0 radical (unpaired) electrons. The molecule has 1 atom stereocenters. The van der Waals surface area contributed by atoms with E-state index in [1.165, 1.54) is 16.7 Å². The van der Waals surface area contributed by atoms with Gasteiger partial charge in [-0.15, -0.1) is 0 Å². The van der Waals surface area contributed by atoms with Gasteiger partial charge in [-0.2, -0.15) is 0 Å². The Balaban J connectivity index is 2.02. The Kier molecular flexibility index (Phi) is 3.72. The van der Waals surface area contributed by atoms with Gasteiger partial charge in [-0.1, -0.05) is 51.3 Å². The second kappa shape index (κ2) is 5.53. The van der Waals surface area contributed by atoms with Gasteiger partial charge in [0.05, 0.1) is 12.6 Å². The van der Waals surface area contributed by atoms with Crippen LogP contribution in [0.2, 0.25) is 0 Å². The van der Waals surface area contributed by atoms with Gasteiger partial charge in [0.2, 0.25) is 0 Å². The second-order valence-corrected chi connectivity index (χ2v) is 6.40. The molecule has 21 heavy (non-hydrogen) atoms. The van der Waals surface area contributed by atoms with Crippen molar-refractivity contribution in [3.63, 3.8) is 0 Å². The second-order valence-electron chi connectivity index (χ2n) is 5.49. The molecular weight excluding hydrogens is 326 g/mol. The van der Waals surface area contributed by atoms with Crippen LogP contribution in [0.15, 0.2) is 51.9 Å². The average Bonchev–Trinajstić information content (AvgIpc) is 2.79. The molecule has 1 heterocycles. The van der Waals surface area contributed by atoms with Gasteiger partial charge < -0.3 is 10.6 Å². The summed E-state index contributed by atoms with van der Waals surface area (Å²) in [5.74, 6) is 0.581. The van der Waals surface area contributed by atoms with Gasteiger partial charge >= 0.3 is 0 Å². The molecule has 0 amide bonds. The Bertz CT molecular complexity index is 689. The molecule has 108 valence electrons. The van der Waals surface area contributed by atoms with Crippen molar-refractivity contribution in [3.05, 3.63) is 63.6 Å². The van der Waals surface area contributed by atoms with Crippen LogP contribution < -0.4 is 10.6 Å². The lowest BCUT2D eigenvalue weighted by Crippen LogP contribution is -2.36. The predicted molar refractivity (Wildman–Crippen MR) is 91.8 cm³/mol. The number of aliphatic imine (C=N–C) groups is 1. The van der Waals surface area contributed by atoms with E-state index in [2.05, 4.69) is 70.0 Å². The largest absolute Gasteiger partial charge is 0.369 e. The van der Waals surface area contributed by atoms with Crippen LogP contribution in [0.1, 0.15) is 22.7 Å². The lowest BCUT2D eigenvalue weighted by molar-refractivity contribution is 0.766. The minimum absolute atomic E-state index is 0.165. The Morgan fingerprint density at radius 1 is 1.14 bits per heavy atom. The molecule has 0 aliphatic carbocycles. The zero-order valence-electron chi connectivity index (χ0n) is 12.2. The molecule has 4 heteroatoms. The fraction of sp³-hybridized carbons (Fsp3) is 0.235. The van der Waals surface area contributed by atoms with E-state index in [0.717, 1.165) is 10.2 Å². The van der Waals surface area contributed by atoms with Crippen molar-refractivity contribution < 1.29 is 0 Å². The quantitative estimate of drug-likeness (QED) is 0.897. The van der Waals surface area contributed by atoms with Gasteiger partial charge in [-0.25, -0.2) is 0 Å². The van der Waals surface area contributed by atoms with Crippen LogP contribution in [-0.2, 0) is 0 Å². The monoisotopic (exact) mass is 343 g/mol. The maximum absolute atomic E-state index is 6.13. The Hall–Kier alpha value is -1.81. The third-order valence-electron chi connectivity index (χ3n) is 3.70. The molecule has 1 aliphatic heterocycles. The summed E-state index contributed by atoms with van der Waals surface area (Å²) >= 11 is 3.52. The lowest BCUT2D eigenvalue weighted by atomic mass is 10.0. The SMILES string of the molecule is Cc1cc(C)cc(C2CN=C(N)N2c2cccc(Br)c2)c1. The van der Waals surface area contributed by atoms with E-state index >= 15 is 0 Å². The molecule has 0 spiro atoms. The van der Waals surface area contributed by atoms with Crippen LogP contribution >= 0.6 is 15.9 Å². The van der Waals surface area contributed by atoms with Crippen molar-refractivity contribution in [1.29, 1.82) is 0 Å². The third kappa shape index (κ3) is 2.81. The number of anilines is 1. The van der Waals surface area contributed by atoms with Crippen molar-refractivity contribution in [2.75, 3.05) is 11.4 Å². The van der Waals surface area contributed by atoms with Crippen LogP contribution in [0.25, 0.3) is 0 Å². The Labute approximate surface area is 133 Å². The normalized spacial score (nSPS) is 18.0. The molecule has 0 saturated heterocycles. The first-order valence-corrected chi connectivity index (χ1v) is 7.77. The average molecular weight is 344 g/mol. The van der Waals surface area contributed by atoms with E-state index in [4.69, 9.17) is 5.73 Å². The molecule has 0 fully saturated rings. The summed E-state index contributed by atoms with van der Waals surface area (Å²) in [5.41, 5.74) is 11.0. The number of nitrogens with two attached hydrogens (primary N) is 1. The molecule has 1 unspecified atom stereocenters. The molecule has 0 bridgehead atoms. The summed E-state index contributed by atoms with van der Waals surface area (Å²) in [4.78, 5) is 6.56. The van der Waals surface area contributed by atoms with E-state index in [-0.39, 0.29) is 6.04 Å². The molecule has 2 aromatic rings. The highest BCUT2D eigenvalue weighted by atomic mass is 79.9. The van der Waals surface area contributed by atoms with Crippen molar-refractivity contribution in [2.45, 2.75) is 19.9 Å². The van der Waals surface area contributed by atoms with Crippen LogP contribution in [-0.4, -0.2) is 12.5 Å². The summed E-state index contributed by atoms with van der Waals surface area (Å²) in [5, 5.41) is 0. The summed E-state index contributed by atoms with van der Waals surface area (Å²) in [6, 6.07) is 15.0. The van der Waals surface area contributed by atoms with Gasteiger partial charge in [0.25, 0.3) is 0 Å². The summed E-state index contributed by atoms with van der Waals surface area (Å²) in [6.45, 7) is 4.94. The van der Waals surface area contributed by atoms with Gasteiger partial charge in [0.1, 0.15) is 0 Å². The molecule has 3 nitrogen and oxygen atoms in total. The van der Waals surface area contributed by atoms with Crippen LogP contribution in [0, 0.1) is 13.8 Å². The summed E-state index contributed by atoms with van der Waals surface area (Å²) < 4.78 is 1.04. The van der Waals surface area contributed by atoms with Gasteiger partial charge in [-0.05, 0) is 37.6 Å². The molecule has 0 saturated carbocycles. The Morgan fingerprint density at radius 3 is 2.52 bits per heavy atom. The highest BCUT2D eigenvalue weighted by Crippen LogP contribution is 2.33. The van der Waals surface area contributed by atoms with Gasteiger partial charge in [0, 0.05) is 10.2 Å². The maximum atomic E-state index is 6.13. The minimum Gasteiger partial charge on any atom is -0.369 e. The van der Waals surface area contributed by atoms with Gasteiger partial charge in [0.15, 0.2) is 5.96 Å². The highest BCUT2D eigenvalue weighted by molar-refractivity contribution is 9.10. The van der Waals surface area contributed by atoms with Gasteiger partial charge in [-0.3, -0.25) is 4.99 Å². The standard InChI is InChI=1S/C17H18BrN3/c1-11-6-12(2)8-13(7-11)16-10-20-17(19)21(16)15-5-3-4-14(18)9-15/h3-9,16H,10H2,1-2H3,(H2,19,20). The van der Waals surface area contributed by atoms with E-state index in [1.807, 2.05) is 12.1 Å². The summed E-state index contributed by atoms with van der Waals surface area (Å²) in [7, 11) is 0. The lowest BCUT2D eigenvalue weighted by Gasteiger charge is -2.27. The Morgan fingerprint density at radius 2 is 1.86 bits per heavy atom. The smallest absolute Gasteiger partial charge is 0.196 e.